The fourth-order valence-corrected chi connectivity index (χ4v) is 4.11. The molecule has 29 heavy (non-hydrogen) atoms. The topological polar surface area (TPSA) is 50.8 Å². The maximum absolute atomic E-state index is 13.8. The van der Waals surface area contributed by atoms with Gasteiger partial charge >= 0.3 is 0 Å². The normalized spacial score (nSPS) is 19.6. The highest BCUT2D eigenvalue weighted by Gasteiger charge is 2.30. The SMILES string of the molecule is COc1ccc(C2C(CNC(=O)Cc3ccc(OC)c(F)c3)CCCN2C)cc1. The Morgan fingerprint density at radius 1 is 1.17 bits per heavy atom. The number of hydrogen-bond donors (Lipinski definition) is 1. The molecule has 0 saturated carbocycles. The van der Waals surface area contributed by atoms with Gasteiger partial charge < -0.3 is 14.8 Å². The molecule has 0 radical (unpaired) electrons. The van der Waals surface area contributed by atoms with Crippen LogP contribution >= 0.6 is 0 Å². The van der Waals surface area contributed by atoms with E-state index in [1.165, 1.54) is 18.7 Å². The lowest BCUT2D eigenvalue weighted by atomic mass is 9.85. The molecule has 1 saturated heterocycles. The lowest BCUT2D eigenvalue weighted by molar-refractivity contribution is -0.120. The van der Waals surface area contributed by atoms with Gasteiger partial charge in [0.1, 0.15) is 5.75 Å². The van der Waals surface area contributed by atoms with Crippen LogP contribution in [0.4, 0.5) is 4.39 Å². The van der Waals surface area contributed by atoms with E-state index >= 15 is 0 Å². The third-order valence-electron chi connectivity index (χ3n) is 5.61. The number of halogens is 1. The van der Waals surface area contributed by atoms with Crippen molar-refractivity contribution < 1.29 is 18.7 Å². The second-order valence-electron chi connectivity index (χ2n) is 7.55. The highest BCUT2D eigenvalue weighted by atomic mass is 19.1. The van der Waals surface area contributed by atoms with Crippen molar-refractivity contribution >= 4 is 5.91 Å². The van der Waals surface area contributed by atoms with Crippen LogP contribution in [0.2, 0.25) is 0 Å². The molecule has 156 valence electrons. The van der Waals surface area contributed by atoms with Crippen LogP contribution in [0.3, 0.4) is 0 Å². The third-order valence-corrected chi connectivity index (χ3v) is 5.61. The molecule has 5 nitrogen and oxygen atoms in total. The van der Waals surface area contributed by atoms with E-state index in [-0.39, 0.29) is 24.1 Å². The van der Waals surface area contributed by atoms with E-state index in [0.29, 0.717) is 18.0 Å². The van der Waals surface area contributed by atoms with Crippen molar-refractivity contribution in [2.45, 2.75) is 25.3 Å². The smallest absolute Gasteiger partial charge is 0.224 e. The first-order valence-electron chi connectivity index (χ1n) is 9.95. The van der Waals surface area contributed by atoms with Crippen molar-refractivity contribution in [2.24, 2.45) is 5.92 Å². The minimum atomic E-state index is -0.453. The summed E-state index contributed by atoms with van der Waals surface area (Å²) >= 11 is 0. The molecule has 2 aromatic carbocycles. The zero-order valence-corrected chi connectivity index (χ0v) is 17.3. The number of benzene rings is 2. The van der Waals surface area contributed by atoms with E-state index in [1.54, 1.807) is 19.2 Å². The van der Waals surface area contributed by atoms with Crippen LogP contribution in [-0.4, -0.2) is 45.2 Å². The van der Waals surface area contributed by atoms with Crippen LogP contribution in [0, 0.1) is 11.7 Å². The second kappa shape index (κ2) is 9.74. The highest BCUT2D eigenvalue weighted by molar-refractivity contribution is 5.78. The van der Waals surface area contributed by atoms with Gasteiger partial charge in [0.15, 0.2) is 11.6 Å². The van der Waals surface area contributed by atoms with Gasteiger partial charge in [0, 0.05) is 12.6 Å². The van der Waals surface area contributed by atoms with Crippen molar-refractivity contribution in [3.8, 4) is 11.5 Å². The summed E-state index contributed by atoms with van der Waals surface area (Å²) in [7, 11) is 5.21. The molecule has 0 aliphatic carbocycles. The Bertz CT molecular complexity index is 825. The largest absolute Gasteiger partial charge is 0.497 e. The molecule has 6 heteroatoms. The Labute approximate surface area is 171 Å². The number of nitrogens with zero attached hydrogens (tertiary/aromatic N) is 1. The Balaban J connectivity index is 1.62. The van der Waals surface area contributed by atoms with Gasteiger partial charge in [0.2, 0.25) is 5.91 Å². The van der Waals surface area contributed by atoms with Crippen LogP contribution in [0.5, 0.6) is 11.5 Å². The summed E-state index contributed by atoms with van der Waals surface area (Å²) in [6.45, 7) is 1.63. The molecule has 1 N–H and O–H groups in total. The minimum Gasteiger partial charge on any atom is -0.497 e. The number of rotatable bonds is 7. The molecule has 1 heterocycles. The Hall–Kier alpha value is -2.60. The number of likely N-dealkylation sites (tertiary alicyclic amines) is 1. The maximum Gasteiger partial charge on any atom is 0.224 e. The zero-order valence-electron chi connectivity index (χ0n) is 17.3. The first-order valence-corrected chi connectivity index (χ1v) is 9.95. The molecule has 3 rings (SSSR count). The van der Waals surface area contributed by atoms with Gasteiger partial charge in [-0.25, -0.2) is 4.39 Å². The van der Waals surface area contributed by atoms with Crippen LogP contribution in [0.25, 0.3) is 0 Å². The molecule has 2 unspecified atom stereocenters. The number of amides is 1. The number of nitrogens with one attached hydrogen (secondary N) is 1. The van der Waals surface area contributed by atoms with Gasteiger partial charge in [-0.3, -0.25) is 9.69 Å². The first-order chi connectivity index (χ1) is 14.0. The minimum absolute atomic E-state index is 0.101. The van der Waals surface area contributed by atoms with E-state index in [4.69, 9.17) is 9.47 Å². The molecule has 1 fully saturated rings. The molecule has 0 bridgehead atoms. The van der Waals surface area contributed by atoms with Gasteiger partial charge in [-0.2, -0.15) is 0 Å². The number of ether oxygens (including phenoxy) is 2. The van der Waals surface area contributed by atoms with E-state index in [0.717, 1.165) is 25.1 Å². The van der Waals surface area contributed by atoms with Crippen molar-refractivity contribution in [3.63, 3.8) is 0 Å². The van der Waals surface area contributed by atoms with Gasteiger partial charge in [0.05, 0.1) is 20.6 Å². The molecule has 0 aromatic heterocycles. The van der Waals surface area contributed by atoms with Gasteiger partial charge in [0.25, 0.3) is 0 Å². The second-order valence-corrected chi connectivity index (χ2v) is 7.55. The number of carbonyl (C=O) groups is 1. The summed E-state index contributed by atoms with van der Waals surface area (Å²) in [6.07, 6.45) is 2.31. The highest BCUT2D eigenvalue weighted by Crippen LogP contribution is 2.35. The van der Waals surface area contributed by atoms with Crippen molar-refractivity contribution in [2.75, 3.05) is 34.4 Å². The van der Waals surface area contributed by atoms with Gasteiger partial charge in [-0.05, 0) is 67.7 Å². The number of methoxy groups -OCH3 is 2. The zero-order chi connectivity index (χ0) is 20.8. The van der Waals surface area contributed by atoms with E-state index in [9.17, 15) is 9.18 Å². The molecule has 1 amide bonds. The predicted molar refractivity (Wildman–Crippen MR) is 111 cm³/mol. The summed E-state index contributed by atoms with van der Waals surface area (Å²) in [5.41, 5.74) is 1.86. The molecule has 1 aliphatic rings. The average Bonchev–Trinajstić information content (AvgIpc) is 2.72. The summed E-state index contributed by atoms with van der Waals surface area (Å²) in [5.74, 6) is 0.784. The van der Waals surface area contributed by atoms with Crippen LogP contribution in [0.1, 0.15) is 30.0 Å². The Kier molecular flexibility index (Phi) is 7.09. The van der Waals surface area contributed by atoms with E-state index < -0.39 is 5.82 Å². The molecule has 2 atom stereocenters. The molecule has 1 aliphatic heterocycles. The molecular weight excluding hydrogens is 371 g/mol. The van der Waals surface area contributed by atoms with Crippen molar-refractivity contribution in [1.29, 1.82) is 0 Å². The Morgan fingerprint density at radius 2 is 1.93 bits per heavy atom. The molecular formula is C23H29FN2O3. The molecule has 0 spiro atoms. The van der Waals surface area contributed by atoms with E-state index in [2.05, 4.69) is 29.4 Å². The standard InChI is InChI=1S/C23H29FN2O3/c1-26-12-4-5-18(23(26)17-7-9-19(28-2)10-8-17)15-25-22(27)14-16-6-11-21(29-3)20(24)13-16/h6-11,13,18,23H,4-5,12,14-15H2,1-3H3,(H,25,27). The molecule has 2 aromatic rings. The number of carbonyl (C=O) groups excluding carboxylic acids is 1. The van der Waals surface area contributed by atoms with Crippen molar-refractivity contribution in [1.82, 2.24) is 10.2 Å². The Morgan fingerprint density at radius 3 is 2.59 bits per heavy atom. The third kappa shape index (κ3) is 5.26. The summed E-state index contributed by atoms with van der Waals surface area (Å²) in [5, 5.41) is 3.05. The lowest BCUT2D eigenvalue weighted by Crippen LogP contribution is -2.42. The monoisotopic (exact) mass is 400 g/mol. The average molecular weight is 400 g/mol. The summed E-state index contributed by atoms with van der Waals surface area (Å²) in [4.78, 5) is 14.8. The fraction of sp³-hybridized carbons (Fsp3) is 0.435. The van der Waals surface area contributed by atoms with Crippen LogP contribution < -0.4 is 14.8 Å². The van der Waals surface area contributed by atoms with Crippen LogP contribution in [-0.2, 0) is 11.2 Å². The predicted octanol–water partition coefficient (Wildman–Crippen LogP) is 3.58. The van der Waals surface area contributed by atoms with E-state index in [1.807, 2.05) is 12.1 Å². The van der Waals surface area contributed by atoms with Gasteiger partial charge in [-0.1, -0.05) is 18.2 Å². The first kappa shape index (κ1) is 21.1. The summed E-state index contributed by atoms with van der Waals surface area (Å²) in [6, 6.07) is 13.0. The lowest BCUT2D eigenvalue weighted by Gasteiger charge is -2.39. The van der Waals surface area contributed by atoms with Gasteiger partial charge in [-0.15, -0.1) is 0 Å². The van der Waals surface area contributed by atoms with Crippen LogP contribution in [0.15, 0.2) is 42.5 Å². The fourth-order valence-electron chi connectivity index (χ4n) is 4.11. The summed E-state index contributed by atoms with van der Waals surface area (Å²) < 4.78 is 24.0. The maximum atomic E-state index is 13.8. The number of piperidine rings is 1. The number of hydrogen-bond acceptors (Lipinski definition) is 4. The quantitative estimate of drug-likeness (QED) is 0.772. The van der Waals surface area contributed by atoms with Crippen molar-refractivity contribution in [3.05, 3.63) is 59.4 Å².